The fourth-order valence-corrected chi connectivity index (χ4v) is 3.30. The molecule has 1 aromatic heterocycles. The smallest absolute Gasteiger partial charge is 0.287 e. The third kappa shape index (κ3) is 4.13. The molecule has 0 atom stereocenters. The van der Waals surface area contributed by atoms with Gasteiger partial charge in [-0.3, -0.25) is 4.79 Å². The van der Waals surface area contributed by atoms with Gasteiger partial charge in [0.05, 0.1) is 0 Å². The third-order valence-electron chi connectivity index (χ3n) is 3.34. The van der Waals surface area contributed by atoms with E-state index < -0.39 is 15.9 Å². The number of rotatable bonds is 6. The molecule has 122 valence electrons. The van der Waals surface area contributed by atoms with Crippen LogP contribution in [0.15, 0.2) is 45.9 Å². The van der Waals surface area contributed by atoms with Crippen LogP contribution in [-0.2, 0) is 16.6 Å². The van der Waals surface area contributed by atoms with E-state index in [0.29, 0.717) is 11.6 Å². The molecule has 1 aliphatic carbocycles. The second kappa shape index (κ2) is 6.35. The van der Waals surface area contributed by atoms with Crippen LogP contribution in [0.1, 0.15) is 29.0 Å². The van der Waals surface area contributed by atoms with Crippen LogP contribution < -0.4 is 10.0 Å². The van der Waals surface area contributed by atoms with E-state index in [0.717, 1.165) is 18.4 Å². The van der Waals surface area contributed by atoms with Gasteiger partial charge >= 0.3 is 0 Å². The summed E-state index contributed by atoms with van der Waals surface area (Å²) in [5.74, 6) is -0.525. The zero-order valence-corrected chi connectivity index (χ0v) is 13.7. The van der Waals surface area contributed by atoms with E-state index in [1.165, 1.54) is 12.1 Å². The van der Waals surface area contributed by atoms with Gasteiger partial charge in [-0.2, -0.15) is 0 Å². The van der Waals surface area contributed by atoms with E-state index in [4.69, 9.17) is 16.0 Å². The van der Waals surface area contributed by atoms with Gasteiger partial charge in [0.1, 0.15) is 0 Å². The molecule has 1 fully saturated rings. The molecule has 0 spiro atoms. The van der Waals surface area contributed by atoms with Crippen molar-refractivity contribution in [3.05, 3.63) is 52.7 Å². The number of carbonyl (C=O) groups is 1. The van der Waals surface area contributed by atoms with E-state index in [2.05, 4.69) is 10.0 Å². The monoisotopic (exact) mass is 354 g/mol. The first-order valence-electron chi connectivity index (χ1n) is 7.09. The molecule has 23 heavy (non-hydrogen) atoms. The van der Waals surface area contributed by atoms with Crippen LogP contribution in [0.5, 0.6) is 0 Å². The Kier molecular flexibility index (Phi) is 4.43. The molecule has 1 saturated carbocycles. The Morgan fingerprint density at radius 3 is 2.52 bits per heavy atom. The first-order valence-corrected chi connectivity index (χ1v) is 8.95. The fourth-order valence-electron chi connectivity index (χ4n) is 1.94. The summed E-state index contributed by atoms with van der Waals surface area (Å²) in [5.41, 5.74) is 0.873. The molecule has 8 heteroatoms. The van der Waals surface area contributed by atoms with Crippen LogP contribution in [-0.4, -0.2) is 20.4 Å². The maximum absolute atomic E-state index is 12.0. The van der Waals surface area contributed by atoms with E-state index in [1.54, 1.807) is 24.3 Å². The molecular weight excluding hydrogens is 340 g/mol. The lowest BCUT2D eigenvalue weighted by Gasteiger charge is -2.04. The molecule has 6 nitrogen and oxygen atoms in total. The number of nitrogens with one attached hydrogen (secondary N) is 2. The maximum Gasteiger partial charge on any atom is 0.287 e. The largest absolute Gasteiger partial charge is 0.438 e. The summed E-state index contributed by atoms with van der Waals surface area (Å²) in [7, 11) is -3.69. The summed E-state index contributed by atoms with van der Waals surface area (Å²) in [5, 5.41) is 3.03. The van der Waals surface area contributed by atoms with Crippen LogP contribution in [0, 0.1) is 0 Å². The zero-order valence-electron chi connectivity index (χ0n) is 12.1. The molecule has 0 unspecified atom stereocenters. The summed E-state index contributed by atoms with van der Waals surface area (Å²) in [6.45, 7) is 0.291. The van der Waals surface area contributed by atoms with Crippen molar-refractivity contribution in [3.8, 4) is 0 Å². The summed E-state index contributed by atoms with van der Waals surface area (Å²) >= 11 is 5.79. The fraction of sp³-hybridized carbons (Fsp3) is 0.267. The Morgan fingerprint density at radius 2 is 1.87 bits per heavy atom. The lowest BCUT2D eigenvalue weighted by molar-refractivity contribution is 0.0918. The molecular formula is C15H15ClN2O4S. The van der Waals surface area contributed by atoms with Crippen molar-refractivity contribution in [1.29, 1.82) is 0 Å². The van der Waals surface area contributed by atoms with Crippen LogP contribution in [0.3, 0.4) is 0 Å². The minimum Gasteiger partial charge on any atom is -0.438 e. The number of hydrogen-bond acceptors (Lipinski definition) is 4. The number of halogens is 1. The Hall–Kier alpha value is -1.83. The Labute approximate surface area is 138 Å². The van der Waals surface area contributed by atoms with Gasteiger partial charge in [0, 0.05) is 17.6 Å². The zero-order chi connectivity index (χ0) is 16.4. The normalized spacial score (nSPS) is 14.7. The van der Waals surface area contributed by atoms with Gasteiger partial charge in [0.25, 0.3) is 15.9 Å². The van der Waals surface area contributed by atoms with Crippen molar-refractivity contribution in [3.63, 3.8) is 0 Å². The van der Waals surface area contributed by atoms with Crippen molar-refractivity contribution in [2.45, 2.75) is 30.5 Å². The van der Waals surface area contributed by atoms with Crippen LogP contribution in [0.2, 0.25) is 5.02 Å². The number of furan rings is 1. The number of carbonyl (C=O) groups excluding carboxylic acids is 1. The maximum atomic E-state index is 12.0. The Morgan fingerprint density at radius 1 is 1.17 bits per heavy atom. The minimum atomic E-state index is -3.69. The Balaban J connectivity index is 1.62. The average Bonchev–Trinajstić information content (AvgIpc) is 3.16. The second-order valence-corrected chi connectivity index (χ2v) is 7.40. The van der Waals surface area contributed by atoms with Crippen molar-refractivity contribution in [1.82, 2.24) is 10.0 Å². The average molecular weight is 355 g/mol. The van der Waals surface area contributed by atoms with Crippen molar-refractivity contribution in [2.24, 2.45) is 0 Å². The molecule has 0 radical (unpaired) electrons. The van der Waals surface area contributed by atoms with E-state index in [9.17, 15) is 13.2 Å². The number of sulfonamides is 1. The predicted octanol–water partition coefficient (Wildman–Crippen LogP) is 2.30. The van der Waals surface area contributed by atoms with Crippen molar-refractivity contribution < 1.29 is 17.6 Å². The highest BCUT2D eigenvalue weighted by atomic mass is 35.5. The number of hydrogen-bond donors (Lipinski definition) is 2. The summed E-state index contributed by atoms with van der Waals surface area (Å²) in [6, 6.07) is 9.64. The van der Waals surface area contributed by atoms with Gasteiger partial charge < -0.3 is 9.73 Å². The Bertz CT molecular complexity index is 810. The van der Waals surface area contributed by atoms with Gasteiger partial charge in [-0.25, -0.2) is 13.1 Å². The molecule has 1 heterocycles. The molecule has 1 aromatic carbocycles. The van der Waals surface area contributed by atoms with E-state index >= 15 is 0 Å². The SMILES string of the molecule is O=C(NCc1ccc(Cl)cc1)c1ccc(S(=O)(=O)NC2CC2)o1. The molecule has 2 N–H and O–H groups in total. The lowest BCUT2D eigenvalue weighted by Crippen LogP contribution is -2.25. The highest BCUT2D eigenvalue weighted by molar-refractivity contribution is 7.89. The quantitative estimate of drug-likeness (QED) is 0.833. The van der Waals surface area contributed by atoms with Gasteiger partial charge in [-0.15, -0.1) is 0 Å². The van der Waals surface area contributed by atoms with Crippen molar-refractivity contribution in [2.75, 3.05) is 0 Å². The van der Waals surface area contributed by atoms with Gasteiger partial charge in [-0.1, -0.05) is 23.7 Å². The molecule has 1 amide bonds. The number of amides is 1. The van der Waals surface area contributed by atoms with Gasteiger partial charge in [0.15, 0.2) is 5.76 Å². The lowest BCUT2D eigenvalue weighted by atomic mass is 10.2. The molecule has 0 aliphatic heterocycles. The van der Waals surface area contributed by atoms with Crippen molar-refractivity contribution >= 4 is 27.5 Å². The first kappa shape index (κ1) is 16.0. The first-order chi connectivity index (χ1) is 10.9. The predicted molar refractivity (Wildman–Crippen MR) is 84.7 cm³/mol. The summed E-state index contributed by atoms with van der Waals surface area (Å²) in [6.07, 6.45) is 1.66. The standard InChI is InChI=1S/C15H15ClN2O4S/c16-11-3-1-10(2-4-11)9-17-15(19)13-7-8-14(22-13)23(20,21)18-12-5-6-12/h1-4,7-8,12,18H,5-6,9H2,(H,17,19). The van der Waals surface area contributed by atoms with E-state index in [1.807, 2.05) is 0 Å². The highest BCUT2D eigenvalue weighted by Crippen LogP contribution is 2.23. The van der Waals surface area contributed by atoms with Crippen LogP contribution in [0.4, 0.5) is 0 Å². The topological polar surface area (TPSA) is 88.4 Å². The third-order valence-corrected chi connectivity index (χ3v) is 4.98. The van der Waals surface area contributed by atoms with Gasteiger partial charge in [0.2, 0.25) is 5.09 Å². The highest BCUT2D eigenvalue weighted by Gasteiger charge is 2.30. The molecule has 1 aliphatic rings. The summed E-state index contributed by atoms with van der Waals surface area (Å²) in [4.78, 5) is 12.0. The molecule has 0 bridgehead atoms. The van der Waals surface area contributed by atoms with Gasteiger partial charge in [-0.05, 0) is 42.7 Å². The molecule has 2 aromatic rings. The number of benzene rings is 1. The molecule has 3 rings (SSSR count). The summed E-state index contributed by atoms with van der Waals surface area (Å²) < 4.78 is 31.6. The minimum absolute atomic E-state index is 0.0210. The second-order valence-electron chi connectivity index (χ2n) is 5.32. The van der Waals surface area contributed by atoms with Crippen LogP contribution >= 0.6 is 11.6 Å². The van der Waals surface area contributed by atoms with Crippen LogP contribution in [0.25, 0.3) is 0 Å². The molecule has 0 saturated heterocycles. The van der Waals surface area contributed by atoms with E-state index in [-0.39, 0.29) is 16.9 Å².